The first-order chi connectivity index (χ1) is 9.90. The summed E-state index contributed by atoms with van der Waals surface area (Å²) in [5.41, 5.74) is 1.78. The molecule has 3 nitrogen and oxygen atoms in total. The van der Waals surface area contributed by atoms with Gasteiger partial charge in [-0.1, -0.05) is 39.0 Å². The van der Waals surface area contributed by atoms with Gasteiger partial charge in [0.05, 0.1) is 12.7 Å². The molecule has 0 fully saturated rings. The Balaban J connectivity index is 2.13. The van der Waals surface area contributed by atoms with Crippen molar-refractivity contribution in [3.63, 3.8) is 0 Å². The van der Waals surface area contributed by atoms with E-state index in [2.05, 4.69) is 20.8 Å². The van der Waals surface area contributed by atoms with Gasteiger partial charge in [0.15, 0.2) is 0 Å². The molecule has 0 N–H and O–H groups in total. The van der Waals surface area contributed by atoms with Crippen molar-refractivity contribution >= 4 is 5.97 Å². The van der Waals surface area contributed by atoms with Gasteiger partial charge in [0, 0.05) is 6.07 Å². The van der Waals surface area contributed by atoms with Gasteiger partial charge in [-0.05, 0) is 35.2 Å². The lowest BCUT2D eigenvalue weighted by Gasteiger charge is -2.18. The lowest BCUT2D eigenvalue weighted by molar-refractivity contribution is 0.0734. The smallest absolute Gasteiger partial charge is 0.343 e. The number of hydrogen-bond acceptors (Lipinski definition) is 3. The third-order valence-electron chi connectivity index (χ3n) is 3.24. The van der Waals surface area contributed by atoms with Crippen LogP contribution in [0.4, 0.5) is 0 Å². The van der Waals surface area contributed by atoms with E-state index in [1.807, 2.05) is 12.1 Å². The van der Waals surface area contributed by atoms with Crippen molar-refractivity contribution in [1.82, 2.24) is 0 Å². The fraction of sp³-hybridized carbons (Fsp3) is 0.278. The normalized spacial score (nSPS) is 11.0. The largest absolute Gasteiger partial charge is 0.497 e. The van der Waals surface area contributed by atoms with E-state index in [1.54, 1.807) is 43.5 Å². The van der Waals surface area contributed by atoms with Gasteiger partial charge in [0.1, 0.15) is 11.5 Å². The molecule has 0 heterocycles. The van der Waals surface area contributed by atoms with Gasteiger partial charge in [-0.2, -0.15) is 0 Å². The number of methoxy groups -OCH3 is 1. The third-order valence-corrected chi connectivity index (χ3v) is 3.24. The zero-order chi connectivity index (χ0) is 15.5. The molecule has 2 aromatic carbocycles. The van der Waals surface area contributed by atoms with Crippen molar-refractivity contribution in [2.24, 2.45) is 0 Å². The lowest BCUT2D eigenvalue weighted by atomic mass is 9.87. The van der Waals surface area contributed by atoms with Crippen molar-refractivity contribution in [3.8, 4) is 11.5 Å². The van der Waals surface area contributed by atoms with Crippen LogP contribution in [0.1, 0.15) is 36.7 Å². The average Bonchev–Trinajstić information content (AvgIpc) is 2.46. The molecule has 3 heteroatoms. The Bertz CT molecular complexity index is 622. The summed E-state index contributed by atoms with van der Waals surface area (Å²) in [5, 5.41) is 0. The van der Waals surface area contributed by atoms with Crippen molar-refractivity contribution in [2.45, 2.75) is 26.2 Å². The minimum Gasteiger partial charge on any atom is -0.497 e. The minimum absolute atomic E-state index is 0.0647. The van der Waals surface area contributed by atoms with Gasteiger partial charge in [-0.25, -0.2) is 4.79 Å². The molecule has 0 bridgehead atoms. The van der Waals surface area contributed by atoms with Crippen LogP contribution >= 0.6 is 0 Å². The quantitative estimate of drug-likeness (QED) is 0.625. The summed E-state index contributed by atoms with van der Waals surface area (Å²) >= 11 is 0. The molecule has 0 amide bonds. The molecule has 2 aromatic rings. The second kappa shape index (κ2) is 6.00. The van der Waals surface area contributed by atoms with Crippen molar-refractivity contribution in [3.05, 3.63) is 59.7 Å². The number of esters is 1. The number of benzene rings is 2. The first-order valence-electron chi connectivity index (χ1n) is 6.87. The van der Waals surface area contributed by atoms with Crippen LogP contribution in [0.3, 0.4) is 0 Å². The van der Waals surface area contributed by atoms with Gasteiger partial charge >= 0.3 is 5.97 Å². The standard InChI is InChI=1S/C18H20O3/c1-18(2,3)14-10-8-13(9-11-14)17(19)21-16-7-5-6-15(12-16)20-4/h5-12H,1-4H3. The Morgan fingerprint density at radius 1 is 0.952 bits per heavy atom. The van der Waals surface area contributed by atoms with Crippen LogP contribution in [0.25, 0.3) is 0 Å². The highest BCUT2D eigenvalue weighted by Crippen LogP contribution is 2.23. The molecular weight excluding hydrogens is 264 g/mol. The summed E-state index contributed by atoms with van der Waals surface area (Å²) in [6.45, 7) is 6.41. The van der Waals surface area contributed by atoms with Crippen molar-refractivity contribution in [2.75, 3.05) is 7.11 Å². The first kappa shape index (κ1) is 15.1. The van der Waals surface area contributed by atoms with E-state index in [4.69, 9.17) is 9.47 Å². The predicted octanol–water partition coefficient (Wildman–Crippen LogP) is 4.21. The van der Waals surface area contributed by atoms with Crippen molar-refractivity contribution in [1.29, 1.82) is 0 Å². The highest BCUT2D eigenvalue weighted by molar-refractivity contribution is 5.91. The number of ether oxygens (including phenoxy) is 2. The Hall–Kier alpha value is -2.29. The second-order valence-electron chi connectivity index (χ2n) is 5.90. The Morgan fingerprint density at radius 3 is 2.14 bits per heavy atom. The van der Waals surface area contributed by atoms with E-state index in [9.17, 15) is 4.79 Å². The van der Waals surface area contributed by atoms with E-state index < -0.39 is 0 Å². The van der Waals surface area contributed by atoms with Crippen LogP contribution in [0.2, 0.25) is 0 Å². The Labute approximate surface area is 125 Å². The van der Waals surface area contributed by atoms with Gasteiger partial charge < -0.3 is 9.47 Å². The maximum atomic E-state index is 12.1. The van der Waals surface area contributed by atoms with Crippen LogP contribution in [0, 0.1) is 0 Å². The fourth-order valence-electron chi connectivity index (χ4n) is 1.94. The first-order valence-corrected chi connectivity index (χ1v) is 6.87. The molecule has 0 spiro atoms. The van der Waals surface area contributed by atoms with E-state index in [0.29, 0.717) is 17.1 Å². The molecule has 2 rings (SSSR count). The molecule has 110 valence electrons. The van der Waals surface area contributed by atoms with E-state index in [-0.39, 0.29) is 11.4 Å². The van der Waals surface area contributed by atoms with Crippen LogP contribution < -0.4 is 9.47 Å². The lowest BCUT2D eigenvalue weighted by Crippen LogP contribution is -2.12. The van der Waals surface area contributed by atoms with Crippen LogP contribution in [-0.4, -0.2) is 13.1 Å². The summed E-state index contributed by atoms with van der Waals surface area (Å²) < 4.78 is 10.5. The van der Waals surface area contributed by atoms with Crippen LogP contribution in [-0.2, 0) is 5.41 Å². The summed E-state index contributed by atoms with van der Waals surface area (Å²) in [6, 6.07) is 14.5. The molecule has 21 heavy (non-hydrogen) atoms. The molecule has 0 radical (unpaired) electrons. The molecule has 0 aliphatic rings. The van der Waals surface area contributed by atoms with Crippen molar-refractivity contribution < 1.29 is 14.3 Å². The fourth-order valence-corrected chi connectivity index (χ4v) is 1.94. The SMILES string of the molecule is COc1cccc(OC(=O)c2ccc(C(C)(C)C)cc2)c1. The maximum Gasteiger partial charge on any atom is 0.343 e. The van der Waals surface area contributed by atoms with E-state index >= 15 is 0 Å². The maximum absolute atomic E-state index is 12.1. The topological polar surface area (TPSA) is 35.5 Å². The second-order valence-corrected chi connectivity index (χ2v) is 5.90. The molecule has 0 aliphatic carbocycles. The van der Waals surface area contributed by atoms with E-state index in [1.165, 1.54) is 5.56 Å². The summed E-state index contributed by atoms with van der Waals surface area (Å²) in [6.07, 6.45) is 0. The molecule has 0 saturated heterocycles. The molecule has 0 aliphatic heterocycles. The Morgan fingerprint density at radius 2 is 1.57 bits per heavy atom. The average molecular weight is 284 g/mol. The van der Waals surface area contributed by atoms with Gasteiger partial charge in [-0.15, -0.1) is 0 Å². The molecule has 0 atom stereocenters. The number of hydrogen-bond donors (Lipinski definition) is 0. The molecular formula is C18H20O3. The summed E-state index contributed by atoms with van der Waals surface area (Å²) in [4.78, 5) is 12.1. The number of carbonyl (C=O) groups excluding carboxylic acids is 1. The van der Waals surface area contributed by atoms with Crippen LogP contribution in [0.5, 0.6) is 11.5 Å². The highest BCUT2D eigenvalue weighted by atomic mass is 16.5. The summed E-state index contributed by atoms with van der Waals surface area (Å²) in [5.74, 6) is 0.756. The summed E-state index contributed by atoms with van der Waals surface area (Å²) in [7, 11) is 1.58. The van der Waals surface area contributed by atoms with Gasteiger partial charge in [0.25, 0.3) is 0 Å². The highest BCUT2D eigenvalue weighted by Gasteiger charge is 2.15. The van der Waals surface area contributed by atoms with E-state index in [0.717, 1.165) is 0 Å². The molecule has 0 saturated carbocycles. The van der Waals surface area contributed by atoms with Gasteiger partial charge in [0.2, 0.25) is 0 Å². The zero-order valence-electron chi connectivity index (χ0n) is 12.8. The monoisotopic (exact) mass is 284 g/mol. The predicted molar refractivity (Wildman–Crippen MR) is 83.1 cm³/mol. The molecule has 0 unspecified atom stereocenters. The number of carbonyl (C=O) groups is 1. The Kier molecular flexibility index (Phi) is 4.32. The zero-order valence-corrected chi connectivity index (χ0v) is 12.8. The third kappa shape index (κ3) is 3.85. The minimum atomic E-state index is -0.372. The molecule has 0 aromatic heterocycles. The van der Waals surface area contributed by atoms with Crippen LogP contribution in [0.15, 0.2) is 48.5 Å². The van der Waals surface area contributed by atoms with Gasteiger partial charge in [-0.3, -0.25) is 0 Å². The number of rotatable bonds is 3.